The van der Waals surface area contributed by atoms with E-state index in [0.717, 1.165) is 36.4 Å². The van der Waals surface area contributed by atoms with E-state index in [1.54, 1.807) is 12.1 Å². The van der Waals surface area contributed by atoms with E-state index in [9.17, 15) is 14.0 Å². The molecule has 1 atom stereocenters. The lowest BCUT2D eigenvalue weighted by Crippen LogP contribution is -2.45. The first kappa shape index (κ1) is 26.1. The van der Waals surface area contributed by atoms with Gasteiger partial charge in [-0.1, -0.05) is 41.4 Å². The highest BCUT2D eigenvalue weighted by Gasteiger charge is 2.39. The van der Waals surface area contributed by atoms with Crippen molar-refractivity contribution in [2.45, 2.75) is 24.3 Å². The van der Waals surface area contributed by atoms with E-state index in [-0.39, 0.29) is 11.3 Å². The molecule has 6 rings (SSSR count). The van der Waals surface area contributed by atoms with Gasteiger partial charge in [0.25, 0.3) is 0 Å². The number of fused-ring (bicyclic) bond motifs is 1. The van der Waals surface area contributed by atoms with Crippen LogP contribution in [0.2, 0.25) is 10.0 Å². The molecule has 1 aliphatic heterocycles. The Morgan fingerprint density at radius 3 is 2.60 bits per heavy atom. The molecule has 4 N–H and O–H groups in total. The lowest BCUT2D eigenvalue weighted by atomic mass is 9.69. The summed E-state index contributed by atoms with van der Waals surface area (Å²) in [5, 5.41) is 19.8. The molecule has 13 heteroatoms. The van der Waals surface area contributed by atoms with E-state index >= 15 is 0 Å². The van der Waals surface area contributed by atoms with E-state index in [4.69, 9.17) is 23.2 Å². The van der Waals surface area contributed by atoms with E-state index in [2.05, 4.69) is 37.6 Å². The van der Waals surface area contributed by atoms with Crippen LogP contribution in [-0.4, -0.2) is 28.9 Å². The number of aromatic nitrogens is 2. The maximum absolute atomic E-state index is 13.9. The first-order valence-corrected chi connectivity index (χ1v) is 13.2. The molecule has 0 amide bonds. The zero-order valence-electron chi connectivity index (χ0n) is 21.1. The summed E-state index contributed by atoms with van der Waals surface area (Å²) in [4.78, 5) is 7.80. The highest BCUT2D eigenvalue weighted by Crippen LogP contribution is 2.40. The topological polar surface area (TPSA) is 101 Å². The number of hydrazine groups is 2. The first-order valence-electron chi connectivity index (χ1n) is 12.4. The van der Waals surface area contributed by atoms with Crippen molar-refractivity contribution in [3.63, 3.8) is 0 Å². The largest absolute Gasteiger partial charge is 0.378 e. The van der Waals surface area contributed by atoms with Gasteiger partial charge in [-0.2, -0.15) is 9.65 Å². The van der Waals surface area contributed by atoms with Gasteiger partial charge in [-0.05, 0) is 36.6 Å². The molecule has 3 heterocycles. The number of hydrogen-bond acceptors (Lipinski definition) is 8. The number of halogens is 4. The van der Waals surface area contributed by atoms with Gasteiger partial charge in [0.2, 0.25) is 5.95 Å². The highest BCUT2D eigenvalue weighted by atomic mass is 35.5. The van der Waals surface area contributed by atoms with Gasteiger partial charge < -0.3 is 16.1 Å². The van der Waals surface area contributed by atoms with E-state index < -0.39 is 17.2 Å². The zero-order valence-corrected chi connectivity index (χ0v) is 22.6. The normalized spacial score (nSPS) is 16.2. The average molecular weight is 577 g/mol. The van der Waals surface area contributed by atoms with Crippen molar-refractivity contribution in [2.75, 3.05) is 10.6 Å². The smallest absolute Gasteiger partial charge is 0.249 e. The summed E-state index contributed by atoms with van der Waals surface area (Å²) in [6.45, 7) is 0. The molecule has 200 valence electrons. The Morgan fingerprint density at radius 1 is 1.07 bits per heavy atom. The Kier molecular flexibility index (Phi) is 6.62. The van der Waals surface area contributed by atoms with Crippen LogP contribution in [0.4, 0.5) is 25.8 Å². The minimum absolute atomic E-state index is 0.157. The SMILES string of the molecule is BC(Nc1cc(Cl)c2ncc(C#N)c(Nc3cnc(F)c(F)c3)c2c1)(C1=CN(C2CC2)NN1)c1ccccc1Cl. The van der Waals surface area contributed by atoms with Crippen molar-refractivity contribution in [3.8, 4) is 6.07 Å². The molecule has 2 aliphatic rings. The Morgan fingerprint density at radius 2 is 1.88 bits per heavy atom. The average Bonchev–Trinajstić information content (AvgIpc) is 3.66. The van der Waals surface area contributed by atoms with E-state index in [1.807, 2.05) is 43.3 Å². The van der Waals surface area contributed by atoms with Crippen molar-refractivity contribution in [2.24, 2.45) is 0 Å². The summed E-state index contributed by atoms with van der Waals surface area (Å²) >= 11 is 13.4. The molecule has 8 nitrogen and oxygen atoms in total. The molecule has 0 bridgehead atoms. The minimum Gasteiger partial charge on any atom is -0.378 e. The third-order valence-corrected chi connectivity index (χ3v) is 7.60. The fourth-order valence-corrected chi connectivity index (χ4v) is 5.35. The van der Waals surface area contributed by atoms with Gasteiger partial charge in [-0.3, -0.25) is 9.99 Å². The lowest BCUT2D eigenvalue weighted by Gasteiger charge is -2.34. The van der Waals surface area contributed by atoms with Crippen LogP contribution in [0.25, 0.3) is 10.9 Å². The van der Waals surface area contributed by atoms with Crippen molar-refractivity contribution in [3.05, 3.63) is 99.7 Å². The van der Waals surface area contributed by atoms with Crippen LogP contribution in [0.15, 0.2) is 66.8 Å². The van der Waals surface area contributed by atoms with Crippen LogP contribution < -0.4 is 21.6 Å². The fraction of sp³-hybridized carbons (Fsp3) is 0.148. The van der Waals surface area contributed by atoms with Crippen LogP contribution >= 0.6 is 23.2 Å². The highest BCUT2D eigenvalue weighted by molar-refractivity contribution is 6.36. The summed E-state index contributed by atoms with van der Waals surface area (Å²) in [6.07, 6.45) is 6.74. The summed E-state index contributed by atoms with van der Waals surface area (Å²) in [7, 11) is 2.00. The van der Waals surface area contributed by atoms with Crippen molar-refractivity contribution in [1.82, 2.24) is 25.9 Å². The second-order valence-electron chi connectivity index (χ2n) is 9.78. The predicted molar refractivity (Wildman–Crippen MR) is 153 cm³/mol. The molecule has 2 aromatic heterocycles. The summed E-state index contributed by atoms with van der Waals surface area (Å²) < 4.78 is 27.3. The van der Waals surface area contributed by atoms with Crippen LogP contribution in [0, 0.1) is 23.1 Å². The first-order chi connectivity index (χ1) is 19.3. The van der Waals surface area contributed by atoms with Gasteiger partial charge >= 0.3 is 0 Å². The van der Waals surface area contributed by atoms with E-state index in [0.29, 0.717) is 38.4 Å². The maximum Gasteiger partial charge on any atom is 0.249 e. The Labute approximate surface area is 239 Å². The molecular weight excluding hydrogens is 556 g/mol. The molecule has 0 saturated heterocycles. The third-order valence-electron chi connectivity index (χ3n) is 6.98. The minimum atomic E-state index is -1.22. The second kappa shape index (κ2) is 10.1. The van der Waals surface area contributed by atoms with Crippen LogP contribution in [0.5, 0.6) is 0 Å². The summed E-state index contributed by atoms with van der Waals surface area (Å²) in [5.41, 5.74) is 9.00. The Hall–Kier alpha value is -4.11. The number of rotatable bonds is 7. The second-order valence-corrected chi connectivity index (χ2v) is 10.6. The van der Waals surface area contributed by atoms with Gasteiger partial charge in [0.05, 0.1) is 44.8 Å². The number of nitriles is 1. The number of nitrogens with zero attached hydrogens (tertiary/aromatic N) is 4. The Bertz CT molecular complexity index is 1730. The predicted octanol–water partition coefficient (Wildman–Crippen LogP) is 5.06. The van der Waals surface area contributed by atoms with Gasteiger partial charge in [0, 0.05) is 40.6 Å². The molecule has 1 aliphatic carbocycles. The molecule has 2 aromatic carbocycles. The number of benzene rings is 2. The van der Waals surface area contributed by atoms with Crippen LogP contribution in [0.3, 0.4) is 0 Å². The van der Waals surface area contributed by atoms with Crippen molar-refractivity contribution >= 4 is 59.0 Å². The van der Waals surface area contributed by atoms with Crippen LogP contribution in [-0.2, 0) is 5.44 Å². The van der Waals surface area contributed by atoms with E-state index in [1.165, 1.54) is 6.20 Å². The van der Waals surface area contributed by atoms with Gasteiger partial charge in [-0.15, -0.1) is 5.53 Å². The van der Waals surface area contributed by atoms with Crippen molar-refractivity contribution < 1.29 is 8.78 Å². The molecule has 40 heavy (non-hydrogen) atoms. The van der Waals surface area contributed by atoms with Crippen molar-refractivity contribution in [1.29, 1.82) is 5.26 Å². The molecule has 1 fully saturated rings. The molecule has 4 aromatic rings. The third kappa shape index (κ3) is 4.75. The number of hydrogen-bond donors (Lipinski definition) is 4. The van der Waals surface area contributed by atoms with Crippen LogP contribution in [0.1, 0.15) is 24.0 Å². The summed E-state index contributed by atoms with van der Waals surface area (Å²) in [6, 6.07) is 14.6. The molecule has 1 saturated carbocycles. The quantitative estimate of drug-likeness (QED) is 0.179. The number of nitrogens with one attached hydrogen (secondary N) is 4. The van der Waals surface area contributed by atoms with Gasteiger partial charge in [0.15, 0.2) is 5.82 Å². The lowest BCUT2D eigenvalue weighted by molar-refractivity contribution is 0.260. The Balaban J connectivity index is 1.47. The maximum atomic E-state index is 13.9. The standard InChI is InChI=1S/C27H21BCl2F2N8/c28-27(19-3-1-2-4-20(19)29,23-13-40(39-38-23)17-5-6-17)37-15-7-18-24(36-16-9-22(31)26(32)35-12-16)14(10-33)11-34-25(18)21(30)8-15/h1-4,7-9,11-13,17,37-39H,5-6,28H2,(H,34,36). The molecule has 0 spiro atoms. The summed E-state index contributed by atoms with van der Waals surface area (Å²) in [5.74, 6) is -2.34. The molecule has 1 unspecified atom stereocenters. The van der Waals surface area contributed by atoms with Gasteiger partial charge in [-0.25, -0.2) is 9.37 Å². The number of pyridine rings is 2. The molecule has 0 radical (unpaired) electrons. The number of anilines is 3. The van der Waals surface area contributed by atoms with Gasteiger partial charge in [0.1, 0.15) is 13.9 Å². The fourth-order valence-electron chi connectivity index (χ4n) is 4.75. The monoisotopic (exact) mass is 576 g/mol. The zero-order chi connectivity index (χ0) is 28.0. The molecular formula is C27H21BCl2F2N8.